The SMILES string of the molecule is c1cc(COC[C@@]23CCC[C@@H]2CN(Cc2nccs2)C3)ccn1. The summed E-state index contributed by atoms with van der Waals surface area (Å²) in [6.07, 6.45) is 9.59. The van der Waals surface area contributed by atoms with Crippen molar-refractivity contribution in [3.05, 3.63) is 46.7 Å². The van der Waals surface area contributed by atoms with Crippen LogP contribution in [0.5, 0.6) is 0 Å². The number of likely N-dealkylation sites (tertiary alicyclic amines) is 1. The van der Waals surface area contributed by atoms with Crippen LogP contribution in [0.1, 0.15) is 29.8 Å². The predicted molar refractivity (Wildman–Crippen MR) is 91.1 cm³/mol. The standard InChI is InChI=1S/C18H23N3OS/c1-2-16-10-21(11-17-20-8-9-23-17)13-18(16,5-1)14-22-12-15-3-6-19-7-4-15/h3-4,6-9,16H,1-2,5,10-14H2/t16-,18+/m1/s1. The Morgan fingerprint density at radius 1 is 1.30 bits per heavy atom. The minimum absolute atomic E-state index is 0.365. The van der Waals surface area contributed by atoms with Crippen LogP contribution in [0.4, 0.5) is 0 Å². The average Bonchev–Trinajstić information content (AvgIpc) is 3.25. The zero-order valence-electron chi connectivity index (χ0n) is 13.4. The number of hydrogen-bond donors (Lipinski definition) is 0. The highest BCUT2D eigenvalue weighted by Crippen LogP contribution is 2.49. The summed E-state index contributed by atoms with van der Waals surface area (Å²) in [4.78, 5) is 11.1. The molecule has 4 nitrogen and oxygen atoms in total. The smallest absolute Gasteiger partial charge is 0.107 e. The van der Waals surface area contributed by atoms with E-state index in [9.17, 15) is 0 Å². The summed E-state index contributed by atoms with van der Waals surface area (Å²) in [5.41, 5.74) is 1.58. The summed E-state index contributed by atoms with van der Waals surface area (Å²) >= 11 is 1.76. The van der Waals surface area contributed by atoms with Gasteiger partial charge in [0, 0.05) is 42.5 Å². The van der Waals surface area contributed by atoms with E-state index in [4.69, 9.17) is 4.74 Å². The van der Waals surface area contributed by atoms with Gasteiger partial charge in [-0.3, -0.25) is 9.88 Å². The molecule has 1 aliphatic carbocycles. The van der Waals surface area contributed by atoms with E-state index in [2.05, 4.69) is 20.2 Å². The zero-order valence-corrected chi connectivity index (χ0v) is 14.2. The molecule has 122 valence electrons. The average molecular weight is 329 g/mol. The molecule has 0 radical (unpaired) electrons. The van der Waals surface area contributed by atoms with Crippen LogP contribution < -0.4 is 0 Å². The van der Waals surface area contributed by atoms with Crippen molar-refractivity contribution in [3.8, 4) is 0 Å². The maximum Gasteiger partial charge on any atom is 0.107 e. The summed E-state index contributed by atoms with van der Waals surface area (Å²) in [5.74, 6) is 0.792. The predicted octanol–water partition coefficient (Wildman–Crippen LogP) is 3.36. The van der Waals surface area contributed by atoms with E-state index in [0.717, 1.165) is 25.6 Å². The van der Waals surface area contributed by atoms with Crippen LogP contribution in [0, 0.1) is 11.3 Å². The van der Waals surface area contributed by atoms with Crippen LogP contribution in [-0.4, -0.2) is 34.6 Å². The number of thiazole rings is 1. The van der Waals surface area contributed by atoms with Gasteiger partial charge in [0.25, 0.3) is 0 Å². The van der Waals surface area contributed by atoms with Gasteiger partial charge in [-0.25, -0.2) is 4.98 Å². The molecule has 0 unspecified atom stereocenters. The van der Waals surface area contributed by atoms with Crippen molar-refractivity contribution in [1.82, 2.24) is 14.9 Å². The summed E-state index contributed by atoms with van der Waals surface area (Å²) < 4.78 is 6.12. The number of fused-ring (bicyclic) bond motifs is 1. The van der Waals surface area contributed by atoms with E-state index < -0.39 is 0 Å². The quantitative estimate of drug-likeness (QED) is 0.814. The van der Waals surface area contributed by atoms with Gasteiger partial charge >= 0.3 is 0 Å². The third kappa shape index (κ3) is 3.32. The largest absolute Gasteiger partial charge is 0.376 e. The van der Waals surface area contributed by atoms with Gasteiger partial charge in [-0.2, -0.15) is 0 Å². The zero-order chi connectivity index (χ0) is 15.5. The number of aromatic nitrogens is 2. The van der Waals surface area contributed by atoms with Crippen molar-refractivity contribution < 1.29 is 4.74 Å². The van der Waals surface area contributed by atoms with Crippen molar-refractivity contribution in [2.45, 2.75) is 32.4 Å². The molecular formula is C18H23N3OS. The molecule has 0 N–H and O–H groups in total. The van der Waals surface area contributed by atoms with Gasteiger partial charge in [-0.05, 0) is 36.5 Å². The van der Waals surface area contributed by atoms with Crippen LogP contribution in [0.3, 0.4) is 0 Å². The second-order valence-corrected chi connectivity index (χ2v) is 7.87. The van der Waals surface area contributed by atoms with Gasteiger partial charge in [-0.15, -0.1) is 11.3 Å². The highest BCUT2D eigenvalue weighted by Gasteiger charge is 2.49. The molecule has 1 saturated carbocycles. The molecule has 3 heterocycles. The Hall–Kier alpha value is -1.30. The molecule has 0 amide bonds. The molecule has 1 saturated heterocycles. The molecule has 0 spiro atoms. The van der Waals surface area contributed by atoms with E-state index >= 15 is 0 Å². The van der Waals surface area contributed by atoms with Crippen LogP contribution in [-0.2, 0) is 17.9 Å². The first kappa shape index (κ1) is 15.2. The summed E-state index contributed by atoms with van der Waals surface area (Å²) in [5, 5.41) is 3.30. The lowest BCUT2D eigenvalue weighted by Crippen LogP contribution is -2.32. The third-order valence-electron chi connectivity index (χ3n) is 5.36. The molecule has 23 heavy (non-hydrogen) atoms. The maximum absolute atomic E-state index is 6.12. The van der Waals surface area contributed by atoms with Crippen LogP contribution in [0.25, 0.3) is 0 Å². The fourth-order valence-electron chi connectivity index (χ4n) is 4.26. The Labute approximate surface area is 141 Å². The van der Waals surface area contributed by atoms with Gasteiger partial charge in [0.15, 0.2) is 0 Å². The van der Waals surface area contributed by atoms with Crippen molar-refractivity contribution in [3.63, 3.8) is 0 Å². The van der Waals surface area contributed by atoms with E-state index in [1.165, 1.54) is 36.4 Å². The van der Waals surface area contributed by atoms with Crippen molar-refractivity contribution in [1.29, 1.82) is 0 Å². The molecule has 0 bridgehead atoms. The minimum Gasteiger partial charge on any atom is -0.376 e. The highest BCUT2D eigenvalue weighted by atomic mass is 32.1. The Morgan fingerprint density at radius 2 is 2.22 bits per heavy atom. The highest BCUT2D eigenvalue weighted by molar-refractivity contribution is 7.09. The molecule has 1 aliphatic heterocycles. The monoisotopic (exact) mass is 329 g/mol. The van der Waals surface area contributed by atoms with Crippen LogP contribution in [0.2, 0.25) is 0 Å². The van der Waals surface area contributed by atoms with Crippen LogP contribution in [0.15, 0.2) is 36.1 Å². The fourth-order valence-corrected chi connectivity index (χ4v) is 4.91. The first-order valence-corrected chi connectivity index (χ1v) is 9.29. The fraction of sp³-hybridized carbons (Fsp3) is 0.556. The molecule has 2 atom stereocenters. The van der Waals surface area contributed by atoms with Crippen LogP contribution >= 0.6 is 11.3 Å². The van der Waals surface area contributed by atoms with E-state index in [1.807, 2.05) is 30.7 Å². The van der Waals surface area contributed by atoms with E-state index in [1.54, 1.807) is 11.3 Å². The van der Waals surface area contributed by atoms with Gasteiger partial charge in [0.2, 0.25) is 0 Å². The van der Waals surface area contributed by atoms with Gasteiger partial charge in [0.1, 0.15) is 5.01 Å². The Morgan fingerprint density at radius 3 is 3.04 bits per heavy atom. The Balaban J connectivity index is 1.35. The lowest BCUT2D eigenvalue weighted by molar-refractivity contribution is 0.0266. The molecule has 2 aromatic rings. The second kappa shape index (κ2) is 6.67. The molecule has 2 aliphatic rings. The van der Waals surface area contributed by atoms with E-state index in [0.29, 0.717) is 12.0 Å². The summed E-state index contributed by atoms with van der Waals surface area (Å²) in [7, 11) is 0. The van der Waals surface area contributed by atoms with E-state index in [-0.39, 0.29) is 0 Å². The normalized spacial score (nSPS) is 27.4. The second-order valence-electron chi connectivity index (χ2n) is 6.90. The van der Waals surface area contributed by atoms with Gasteiger partial charge < -0.3 is 4.74 Å². The van der Waals surface area contributed by atoms with Crippen molar-refractivity contribution >= 4 is 11.3 Å². The number of nitrogens with zero attached hydrogens (tertiary/aromatic N) is 3. The Bertz CT molecular complexity index is 618. The maximum atomic E-state index is 6.12. The lowest BCUT2D eigenvalue weighted by Gasteiger charge is -2.28. The number of ether oxygens (including phenoxy) is 1. The number of hydrogen-bond acceptors (Lipinski definition) is 5. The summed E-state index contributed by atoms with van der Waals surface area (Å²) in [6.45, 7) is 4.95. The molecule has 4 rings (SSSR count). The number of rotatable bonds is 6. The van der Waals surface area contributed by atoms with Gasteiger partial charge in [-0.1, -0.05) is 6.42 Å². The molecule has 5 heteroatoms. The van der Waals surface area contributed by atoms with Crippen molar-refractivity contribution in [2.24, 2.45) is 11.3 Å². The summed E-state index contributed by atoms with van der Waals surface area (Å²) in [6, 6.07) is 4.07. The topological polar surface area (TPSA) is 38.2 Å². The first-order valence-electron chi connectivity index (χ1n) is 8.41. The molecule has 0 aromatic carbocycles. The molecule has 2 fully saturated rings. The lowest BCUT2D eigenvalue weighted by atomic mass is 9.81. The molecular weight excluding hydrogens is 306 g/mol. The Kier molecular flexibility index (Phi) is 4.42. The van der Waals surface area contributed by atoms with Crippen molar-refractivity contribution in [2.75, 3.05) is 19.7 Å². The molecule has 2 aromatic heterocycles. The third-order valence-corrected chi connectivity index (χ3v) is 6.12. The van der Waals surface area contributed by atoms with Gasteiger partial charge in [0.05, 0.1) is 19.8 Å². The minimum atomic E-state index is 0.365. The number of pyridine rings is 1. The first-order chi connectivity index (χ1) is 11.3.